The van der Waals surface area contributed by atoms with E-state index in [2.05, 4.69) is 0 Å². The van der Waals surface area contributed by atoms with Crippen LogP contribution in [0, 0.1) is 5.41 Å². The summed E-state index contributed by atoms with van der Waals surface area (Å²) in [5.41, 5.74) is 0.231. The molecule has 5 heteroatoms. The average Bonchev–Trinajstić information content (AvgIpc) is 2.52. The SMILES string of the molecule is COc1cccc(CCC(=O)N2CCCC(C)(C(=O)O)C2)c1. The number of likely N-dealkylation sites (tertiary alicyclic amines) is 1. The molecule has 120 valence electrons. The molecule has 1 saturated heterocycles. The van der Waals surface area contributed by atoms with E-state index >= 15 is 0 Å². The van der Waals surface area contributed by atoms with Gasteiger partial charge in [-0.2, -0.15) is 0 Å². The lowest BCUT2D eigenvalue weighted by atomic mass is 9.82. The van der Waals surface area contributed by atoms with Crippen molar-refractivity contribution in [3.8, 4) is 5.75 Å². The summed E-state index contributed by atoms with van der Waals surface area (Å²) in [6.07, 6.45) is 2.40. The first kappa shape index (κ1) is 16.3. The summed E-state index contributed by atoms with van der Waals surface area (Å²) in [4.78, 5) is 25.4. The van der Waals surface area contributed by atoms with Crippen LogP contribution in [0.5, 0.6) is 5.75 Å². The quantitative estimate of drug-likeness (QED) is 0.906. The van der Waals surface area contributed by atoms with Crippen molar-refractivity contribution in [2.24, 2.45) is 5.41 Å². The van der Waals surface area contributed by atoms with Crippen molar-refractivity contribution in [1.82, 2.24) is 4.90 Å². The number of carbonyl (C=O) groups excluding carboxylic acids is 1. The Morgan fingerprint density at radius 2 is 2.18 bits per heavy atom. The highest BCUT2D eigenvalue weighted by molar-refractivity contribution is 5.79. The Kier molecular flexibility index (Phi) is 5.06. The highest BCUT2D eigenvalue weighted by atomic mass is 16.5. The maximum absolute atomic E-state index is 12.3. The zero-order valence-electron chi connectivity index (χ0n) is 13.2. The van der Waals surface area contributed by atoms with Crippen LogP contribution < -0.4 is 4.74 Å². The van der Waals surface area contributed by atoms with Crippen LogP contribution in [0.4, 0.5) is 0 Å². The van der Waals surface area contributed by atoms with Gasteiger partial charge in [-0.3, -0.25) is 9.59 Å². The molecule has 1 aliphatic rings. The molecule has 22 heavy (non-hydrogen) atoms. The Morgan fingerprint density at radius 3 is 2.86 bits per heavy atom. The molecule has 1 unspecified atom stereocenters. The molecule has 0 bridgehead atoms. The van der Waals surface area contributed by atoms with Crippen molar-refractivity contribution in [1.29, 1.82) is 0 Å². The fourth-order valence-corrected chi connectivity index (χ4v) is 2.86. The Hall–Kier alpha value is -2.04. The van der Waals surface area contributed by atoms with Gasteiger partial charge in [0.25, 0.3) is 0 Å². The van der Waals surface area contributed by atoms with E-state index in [1.165, 1.54) is 0 Å². The van der Waals surface area contributed by atoms with Crippen molar-refractivity contribution < 1.29 is 19.4 Å². The smallest absolute Gasteiger partial charge is 0.311 e. The lowest BCUT2D eigenvalue weighted by Gasteiger charge is -2.37. The van der Waals surface area contributed by atoms with E-state index in [1.807, 2.05) is 24.3 Å². The number of methoxy groups -OCH3 is 1. The first-order valence-corrected chi connectivity index (χ1v) is 7.59. The minimum absolute atomic E-state index is 0.0231. The summed E-state index contributed by atoms with van der Waals surface area (Å²) in [7, 11) is 1.62. The van der Waals surface area contributed by atoms with Gasteiger partial charge in [-0.25, -0.2) is 0 Å². The second kappa shape index (κ2) is 6.81. The molecule has 1 atom stereocenters. The number of aliphatic carboxylic acids is 1. The molecule has 0 saturated carbocycles. The van der Waals surface area contributed by atoms with Gasteiger partial charge >= 0.3 is 5.97 Å². The number of carbonyl (C=O) groups is 2. The number of hydrogen-bond donors (Lipinski definition) is 1. The number of amides is 1. The molecule has 1 fully saturated rings. The van der Waals surface area contributed by atoms with Crippen LogP contribution in [0.3, 0.4) is 0 Å². The summed E-state index contributed by atoms with van der Waals surface area (Å²) >= 11 is 0. The molecule has 0 spiro atoms. The number of rotatable bonds is 5. The molecular weight excluding hydrogens is 282 g/mol. The number of piperidine rings is 1. The lowest BCUT2D eigenvalue weighted by Crippen LogP contribution is -2.48. The normalized spacial score (nSPS) is 21.5. The molecular formula is C17H23NO4. The van der Waals surface area contributed by atoms with Crippen LogP contribution in [-0.2, 0) is 16.0 Å². The molecule has 0 aromatic heterocycles. The van der Waals surface area contributed by atoms with Crippen LogP contribution in [0.15, 0.2) is 24.3 Å². The number of nitrogens with zero attached hydrogens (tertiary/aromatic N) is 1. The van der Waals surface area contributed by atoms with Crippen LogP contribution in [0.2, 0.25) is 0 Å². The summed E-state index contributed by atoms with van der Waals surface area (Å²) in [5, 5.41) is 9.31. The maximum Gasteiger partial charge on any atom is 0.311 e. The van der Waals surface area contributed by atoms with Crippen molar-refractivity contribution in [2.75, 3.05) is 20.2 Å². The van der Waals surface area contributed by atoms with E-state index < -0.39 is 11.4 Å². The molecule has 1 aliphatic heterocycles. The lowest BCUT2D eigenvalue weighted by molar-refractivity contribution is -0.153. The van der Waals surface area contributed by atoms with Gasteiger partial charge in [-0.15, -0.1) is 0 Å². The summed E-state index contributed by atoms with van der Waals surface area (Å²) < 4.78 is 5.17. The largest absolute Gasteiger partial charge is 0.497 e. The van der Waals surface area contributed by atoms with E-state index in [0.29, 0.717) is 32.4 Å². The molecule has 1 amide bonds. The van der Waals surface area contributed by atoms with Crippen LogP contribution in [0.25, 0.3) is 0 Å². The number of benzene rings is 1. The van der Waals surface area contributed by atoms with Gasteiger partial charge in [0, 0.05) is 19.5 Å². The molecule has 2 rings (SSSR count). The van der Waals surface area contributed by atoms with Crippen molar-refractivity contribution in [3.63, 3.8) is 0 Å². The fraction of sp³-hybridized carbons (Fsp3) is 0.529. The first-order valence-electron chi connectivity index (χ1n) is 7.59. The fourth-order valence-electron chi connectivity index (χ4n) is 2.86. The van der Waals surface area contributed by atoms with E-state index in [0.717, 1.165) is 17.7 Å². The summed E-state index contributed by atoms with van der Waals surface area (Å²) in [6.45, 7) is 2.68. The standard InChI is InChI=1S/C17H23NO4/c1-17(16(20)21)9-4-10-18(12-17)15(19)8-7-13-5-3-6-14(11-13)22-2/h3,5-6,11H,4,7-10,12H2,1-2H3,(H,20,21). The molecule has 5 nitrogen and oxygen atoms in total. The zero-order chi connectivity index (χ0) is 16.2. The van der Waals surface area contributed by atoms with Gasteiger partial charge in [-0.05, 0) is 43.9 Å². The van der Waals surface area contributed by atoms with Crippen molar-refractivity contribution in [3.05, 3.63) is 29.8 Å². The predicted octanol–water partition coefficient (Wildman–Crippen LogP) is 2.34. The molecule has 1 heterocycles. The van der Waals surface area contributed by atoms with Crippen molar-refractivity contribution in [2.45, 2.75) is 32.6 Å². The Morgan fingerprint density at radius 1 is 1.41 bits per heavy atom. The van der Waals surface area contributed by atoms with Gasteiger partial charge in [0.1, 0.15) is 5.75 Å². The van der Waals surface area contributed by atoms with E-state index in [-0.39, 0.29) is 5.91 Å². The minimum atomic E-state index is -0.821. The highest BCUT2D eigenvalue weighted by Crippen LogP contribution is 2.30. The monoisotopic (exact) mass is 305 g/mol. The van der Waals surface area contributed by atoms with E-state index in [9.17, 15) is 14.7 Å². The molecule has 1 N–H and O–H groups in total. The first-order chi connectivity index (χ1) is 10.4. The highest BCUT2D eigenvalue weighted by Gasteiger charge is 2.39. The van der Waals surface area contributed by atoms with E-state index in [4.69, 9.17) is 4.74 Å². The topological polar surface area (TPSA) is 66.8 Å². The third-order valence-electron chi connectivity index (χ3n) is 4.33. The Bertz CT molecular complexity index is 557. The molecule has 1 aromatic rings. The second-order valence-electron chi connectivity index (χ2n) is 6.14. The molecule has 0 aliphatic carbocycles. The number of ether oxygens (including phenoxy) is 1. The predicted molar refractivity (Wildman–Crippen MR) is 82.9 cm³/mol. The van der Waals surface area contributed by atoms with Gasteiger partial charge < -0.3 is 14.7 Å². The molecule has 1 aromatic carbocycles. The van der Waals surface area contributed by atoms with Gasteiger partial charge in [0.05, 0.1) is 12.5 Å². The number of aryl methyl sites for hydroxylation is 1. The summed E-state index contributed by atoms with van der Waals surface area (Å²) in [5.74, 6) is -0.0193. The van der Waals surface area contributed by atoms with Crippen molar-refractivity contribution >= 4 is 11.9 Å². The van der Waals surface area contributed by atoms with Gasteiger partial charge in [0.15, 0.2) is 0 Å². The second-order valence-corrected chi connectivity index (χ2v) is 6.14. The minimum Gasteiger partial charge on any atom is -0.497 e. The summed E-state index contributed by atoms with van der Waals surface area (Å²) in [6, 6.07) is 7.66. The van der Waals surface area contributed by atoms with Gasteiger partial charge in [0.2, 0.25) is 5.91 Å². The van der Waals surface area contributed by atoms with Crippen LogP contribution in [-0.4, -0.2) is 42.1 Å². The van der Waals surface area contributed by atoms with E-state index in [1.54, 1.807) is 18.9 Å². The third kappa shape index (κ3) is 3.78. The Balaban J connectivity index is 1.93. The van der Waals surface area contributed by atoms with Crippen LogP contribution in [0.1, 0.15) is 31.7 Å². The molecule has 0 radical (unpaired) electrons. The maximum atomic E-state index is 12.3. The Labute approximate surface area is 130 Å². The number of carboxylic acids is 1. The zero-order valence-corrected chi connectivity index (χ0v) is 13.2. The number of hydrogen-bond acceptors (Lipinski definition) is 3. The van der Waals surface area contributed by atoms with Gasteiger partial charge in [-0.1, -0.05) is 12.1 Å². The number of carboxylic acid groups (broad SMARTS) is 1. The average molecular weight is 305 g/mol. The van der Waals surface area contributed by atoms with Crippen LogP contribution >= 0.6 is 0 Å². The third-order valence-corrected chi connectivity index (χ3v) is 4.33.